The van der Waals surface area contributed by atoms with Crippen LogP contribution in [0, 0.1) is 5.41 Å². The maximum Gasteiger partial charge on any atom is 0.138 e. The Labute approximate surface area is 104 Å². The van der Waals surface area contributed by atoms with E-state index in [1.807, 2.05) is 4.68 Å². The van der Waals surface area contributed by atoms with E-state index in [0.29, 0.717) is 0 Å². The van der Waals surface area contributed by atoms with Gasteiger partial charge in [0.1, 0.15) is 12.2 Å². The summed E-state index contributed by atoms with van der Waals surface area (Å²) in [5.41, 5.74) is -0.0307. The van der Waals surface area contributed by atoms with E-state index in [1.165, 1.54) is 0 Å². The van der Waals surface area contributed by atoms with Gasteiger partial charge >= 0.3 is 0 Å². The smallest absolute Gasteiger partial charge is 0.138 e. The molecule has 4 heteroatoms. The molecule has 1 heterocycles. The number of hydrogen-bond donors (Lipinski definition) is 1. The van der Waals surface area contributed by atoms with Gasteiger partial charge in [0.2, 0.25) is 0 Å². The highest BCUT2D eigenvalue weighted by molar-refractivity contribution is 4.85. The van der Waals surface area contributed by atoms with Gasteiger partial charge < -0.3 is 5.11 Å². The van der Waals surface area contributed by atoms with Gasteiger partial charge in [-0.15, -0.1) is 0 Å². The third-order valence-corrected chi connectivity index (χ3v) is 3.01. The minimum absolute atomic E-state index is 0.0307. The summed E-state index contributed by atoms with van der Waals surface area (Å²) in [7, 11) is 0. The predicted octanol–water partition coefficient (Wildman–Crippen LogP) is 2.42. The molecule has 0 saturated carbocycles. The molecule has 0 radical (unpaired) electrons. The van der Waals surface area contributed by atoms with Gasteiger partial charge in [0.25, 0.3) is 0 Å². The molecule has 4 nitrogen and oxygen atoms in total. The van der Waals surface area contributed by atoms with Crippen LogP contribution in [0.5, 0.6) is 0 Å². The van der Waals surface area contributed by atoms with E-state index in [4.69, 9.17) is 0 Å². The lowest BCUT2D eigenvalue weighted by Crippen LogP contribution is -2.26. The molecule has 0 aliphatic heterocycles. The number of nitrogens with zero attached hydrogens (tertiary/aromatic N) is 3. The summed E-state index contributed by atoms with van der Waals surface area (Å²) in [5, 5.41) is 14.1. The second-order valence-electron chi connectivity index (χ2n) is 5.67. The van der Waals surface area contributed by atoms with Crippen LogP contribution in [0.4, 0.5) is 0 Å². The van der Waals surface area contributed by atoms with Crippen molar-refractivity contribution in [1.82, 2.24) is 14.8 Å². The van der Waals surface area contributed by atoms with Gasteiger partial charge in [0.05, 0.1) is 6.10 Å². The Morgan fingerprint density at radius 1 is 1.41 bits per heavy atom. The number of aliphatic hydroxyl groups is 1. The predicted molar refractivity (Wildman–Crippen MR) is 68.7 cm³/mol. The fraction of sp³-hybridized carbons (Fsp3) is 0.846. The summed E-state index contributed by atoms with van der Waals surface area (Å²) in [4.78, 5) is 4.26. The first-order valence-electron chi connectivity index (χ1n) is 6.50. The molecule has 0 aromatic carbocycles. The summed E-state index contributed by atoms with van der Waals surface area (Å²) in [6, 6.07) is 0. The zero-order valence-electron chi connectivity index (χ0n) is 11.5. The van der Waals surface area contributed by atoms with Crippen LogP contribution in [0.15, 0.2) is 6.33 Å². The van der Waals surface area contributed by atoms with E-state index in [-0.39, 0.29) is 11.5 Å². The van der Waals surface area contributed by atoms with Crippen LogP contribution in [0.25, 0.3) is 0 Å². The van der Waals surface area contributed by atoms with Crippen LogP contribution in [0.2, 0.25) is 0 Å². The van der Waals surface area contributed by atoms with Crippen molar-refractivity contribution in [3.05, 3.63) is 12.2 Å². The molecule has 1 rings (SSSR count). The summed E-state index contributed by atoms with van der Waals surface area (Å²) >= 11 is 0. The van der Waals surface area contributed by atoms with Crippen molar-refractivity contribution < 1.29 is 5.11 Å². The monoisotopic (exact) mass is 239 g/mol. The normalized spacial score (nSPS) is 13.9. The van der Waals surface area contributed by atoms with Gasteiger partial charge in [-0.05, 0) is 24.7 Å². The van der Waals surface area contributed by atoms with Gasteiger partial charge in [-0.25, -0.2) is 4.98 Å². The topological polar surface area (TPSA) is 50.9 Å². The highest BCUT2D eigenvalue weighted by Crippen LogP contribution is 2.23. The van der Waals surface area contributed by atoms with Gasteiger partial charge in [0, 0.05) is 13.0 Å². The molecule has 1 unspecified atom stereocenters. The van der Waals surface area contributed by atoms with Gasteiger partial charge in [-0.3, -0.25) is 4.68 Å². The quantitative estimate of drug-likeness (QED) is 0.829. The molecular weight excluding hydrogens is 214 g/mol. The van der Waals surface area contributed by atoms with Crippen molar-refractivity contribution in [2.75, 3.05) is 0 Å². The van der Waals surface area contributed by atoms with Gasteiger partial charge in [-0.2, -0.15) is 5.10 Å². The number of aliphatic hydroxyl groups excluding tert-OH is 1. The van der Waals surface area contributed by atoms with E-state index in [1.54, 1.807) is 6.33 Å². The van der Waals surface area contributed by atoms with Crippen LogP contribution < -0.4 is 0 Å². The average Bonchev–Trinajstić information content (AvgIpc) is 2.65. The standard InChI is InChI=1S/C13H25N3O/c1-5-9-16-12(14-10-15-16)8-6-7-11(17)13(2,3)4/h10-11,17H,5-9H2,1-4H3. The lowest BCUT2D eigenvalue weighted by atomic mass is 9.86. The first kappa shape index (κ1) is 14.2. The Bertz CT molecular complexity index is 328. The van der Waals surface area contributed by atoms with Gasteiger partial charge in [-0.1, -0.05) is 27.7 Å². The van der Waals surface area contributed by atoms with E-state index < -0.39 is 0 Å². The Morgan fingerprint density at radius 2 is 2.12 bits per heavy atom. The van der Waals surface area contributed by atoms with Crippen LogP contribution in [-0.4, -0.2) is 26.0 Å². The highest BCUT2D eigenvalue weighted by atomic mass is 16.3. The summed E-state index contributed by atoms with van der Waals surface area (Å²) in [6.45, 7) is 9.26. The van der Waals surface area contributed by atoms with Crippen molar-refractivity contribution in [3.63, 3.8) is 0 Å². The third kappa shape index (κ3) is 4.46. The second-order valence-corrected chi connectivity index (χ2v) is 5.67. The molecule has 0 aliphatic carbocycles. The van der Waals surface area contributed by atoms with E-state index >= 15 is 0 Å². The van der Waals surface area contributed by atoms with Crippen molar-refractivity contribution in [3.8, 4) is 0 Å². The maximum atomic E-state index is 9.94. The molecule has 1 atom stereocenters. The Balaban J connectivity index is 2.38. The molecular formula is C13H25N3O. The molecule has 0 amide bonds. The fourth-order valence-electron chi connectivity index (χ4n) is 1.77. The third-order valence-electron chi connectivity index (χ3n) is 3.01. The first-order valence-corrected chi connectivity index (χ1v) is 6.50. The second kappa shape index (κ2) is 6.15. The number of aryl methyl sites for hydroxylation is 2. The fourth-order valence-corrected chi connectivity index (χ4v) is 1.77. The molecule has 1 aromatic rings. The van der Waals surface area contributed by atoms with Gasteiger partial charge in [0.15, 0.2) is 0 Å². The number of hydrogen-bond acceptors (Lipinski definition) is 3. The lowest BCUT2D eigenvalue weighted by molar-refractivity contribution is 0.0539. The summed E-state index contributed by atoms with van der Waals surface area (Å²) < 4.78 is 1.96. The van der Waals surface area contributed by atoms with Crippen molar-refractivity contribution in [2.24, 2.45) is 5.41 Å². The zero-order valence-corrected chi connectivity index (χ0v) is 11.5. The zero-order chi connectivity index (χ0) is 12.9. The number of aromatic nitrogens is 3. The molecule has 0 saturated heterocycles. The summed E-state index contributed by atoms with van der Waals surface area (Å²) in [6.07, 6.45) is 5.12. The van der Waals surface area contributed by atoms with E-state index in [2.05, 4.69) is 37.8 Å². The molecule has 0 spiro atoms. The Morgan fingerprint density at radius 3 is 2.71 bits per heavy atom. The van der Waals surface area contributed by atoms with Crippen molar-refractivity contribution >= 4 is 0 Å². The molecule has 98 valence electrons. The van der Waals surface area contributed by atoms with Crippen LogP contribution in [0.3, 0.4) is 0 Å². The Kier molecular flexibility index (Phi) is 5.12. The van der Waals surface area contributed by atoms with Crippen LogP contribution in [-0.2, 0) is 13.0 Å². The van der Waals surface area contributed by atoms with Crippen LogP contribution >= 0.6 is 0 Å². The molecule has 0 fully saturated rings. The molecule has 1 N–H and O–H groups in total. The number of rotatable bonds is 6. The summed E-state index contributed by atoms with van der Waals surface area (Å²) in [5.74, 6) is 1.04. The average molecular weight is 239 g/mol. The molecule has 0 aliphatic rings. The molecule has 1 aromatic heterocycles. The highest BCUT2D eigenvalue weighted by Gasteiger charge is 2.21. The van der Waals surface area contributed by atoms with Crippen molar-refractivity contribution in [2.45, 2.75) is 66.0 Å². The SMILES string of the molecule is CCCn1ncnc1CCCC(O)C(C)(C)C. The Hall–Kier alpha value is -0.900. The van der Waals surface area contributed by atoms with E-state index in [0.717, 1.165) is 38.1 Å². The largest absolute Gasteiger partial charge is 0.393 e. The maximum absolute atomic E-state index is 9.94. The minimum atomic E-state index is -0.245. The lowest BCUT2D eigenvalue weighted by Gasteiger charge is -2.25. The molecule has 17 heavy (non-hydrogen) atoms. The molecule has 0 bridgehead atoms. The van der Waals surface area contributed by atoms with Crippen molar-refractivity contribution in [1.29, 1.82) is 0 Å². The minimum Gasteiger partial charge on any atom is -0.393 e. The van der Waals surface area contributed by atoms with E-state index in [9.17, 15) is 5.11 Å². The first-order chi connectivity index (χ1) is 7.95. The van der Waals surface area contributed by atoms with Crippen LogP contribution in [0.1, 0.15) is 52.8 Å².